The van der Waals surface area contributed by atoms with Gasteiger partial charge in [-0.05, 0) is 53.7 Å². The summed E-state index contributed by atoms with van der Waals surface area (Å²) in [5.74, 6) is 0. The molecule has 0 fully saturated rings. The lowest BCUT2D eigenvalue weighted by atomic mass is 9.98. The molecule has 1 aromatic carbocycles. The van der Waals surface area contributed by atoms with Crippen molar-refractivity contribution in [1.82, 2.24) is 9.78 Å². The zero-order valence-corrected chi connectivity index (χ0v) is 13.9. The molecule has 2 aromatic rings. The van der Waals surface area contributed by atoms with Crippen LogP contribution in [0.2, 0.25) is 0 Å². The van der Waals surface area contributed by atoms with E-state index >= 15 is 0 Å². The summed E-state index contributed by atoms with van der Waals surface area (Å²) in [7, 11) is 0. The Kier molecular flexibility index (Phi) is 5.00. The first kappa shape index (κ1) is 15.3. The van der Waals surface area contributed by atoms with Crippen LogP contribution in [-0.2, 0) is 13.0 Å². The number of benzene rings is 1. The third-order valence-corrected chi connectivity index (χ3v) is 4.18. The van der Waals surface area contributed by atoms with Crippen molar-refractivity contribution < 1.29 is 0 Å². The van der Waals surface area contributed by atoms with E-state index in [0.29, 0.717) is 0 Å². The fourth-order valence-corrected chi connectivity index (χ4v) is 3.07. The van der Waals surface area contributed by atoms with Crippen molar-refractivity contribution in [3.63, 3.8) is 0 Å². The number of hydrogen-bond acceptors (Lipinski definition) is 2. The first-order valence-electron chi connectivity index (χ1n) is 7.05. The Morgan fingerprint density at radius 1 is 1.35 bits per heavy atom. The summed E-state index contributed by atoms with van der Waals surface area (Å²) in [6.07, 6.45) is 3.73. The van der Waals surface area contributed by atoms with Gasteiger partial charge < -0.3 is 5.73 Å². The summed E-state index contributed by atoms with van der Waals surface area (Å²) in [5, 5.41) is 4.40. The number of nitrogens with two attached hydrogens (primary N) is 1. The highest BCUT2D eigenvalue weighted by molar-refractivity contribution is 9.10. The highest BCUT2D eigenvalue weighted by Gasteiger charge is 2.17. The van der Waals surface area contributed by atoms with Gasteiger partial charge in [-0.1, -0.05) is 30.7 Å². The number of hydrogen-bond donors (Lipinski definition) is 1. The van der Waals surface area contributed by atoms with Crippen LogP contribution in [-0.4, -0.2) is 9.78 Å². The molecule has 0 saturated heterocycles. The van der Waals surface area contributed by atoms with Crippen molar-refractivity contribution in [2.45, 2.75) is 46.2 Å². The van der Waals surface area contributed by atoms with Gasteiger partial charge in [0, 0.05) is 6.54 Å². The Bertz CT molecular complexity index is 589. The van der Waals surface area contributed by atoms with Gasteiger partial charge in [-0.3, -0.25) is 4.68 Å². The number of nitrogens with zero attached hydrogens (tertiary/aromatic N) is 2. The normalized spacial score (nSPS) is 12.7. The van der Waals surface area contributed by atoms with E-state index < -0.39 is 0 Å². The molecule has 1 aromatic heterocycles. The van der Waals surface area contributed by atoms with Crippen LogP contribution in [0.1, 0.15) is 41.8 Å². The first-order chi connectivity index (χ1) is 9.52. The van der Waals surface area contributed by atoms with E-state index in [2.05, 4.69) is 60.0 Å². The van der Waals surface area contributed by atoms with Gasteiger partial charge in [0.25, 0.3) is 0 Å². The molecule has 2 rings (SSSR count). The standard InChI is InChI=1S/C16H22BrN3/c1-4-7-20-16(14(17)10-19-20)15(18)9-13-8-11(2)5-6-12(13)3/h5-6,8,10,15H,4,7,9,18H2,1-3H3. The number of rotatable bonds is 5. The molecule has 20 heavy (non-hydrogen) atoms. The molecule has 2 N–H and O–H groups in total. The molecule has 3 nitrogen and oxygen atoms in total. The molecule has 108 valence electrons. The summed E-state index contributed by atoms with van der Waals surface area (Å²) < 4.78 is 3.02. The summed E-state index contributed by atoms with van der Waals surface area (Å²) in [6, 6.07) is 6.49. The predicted molar refractivity (Wildman–Crippen MR) is 86.8 cm³/mol. The zero-order chi connectivity index (χ0) is 14.7. The largest absolute Gasteiger partial charge is 0.322 e. The molecule has 1 unspecified atom stereocenters. The van der Waals surface area contributed by atoms with Crippen LogP contribution >= 0.6 is 15.9 Å². The van der Waals surface area contributed by atoms with Gasteiger partial charge in [-0.2, -0.15) is 5.10 Å². The molecular formula is C16H22BrN3. The lowest BCUT2D eigenvalue weighted by Crippen LogP contribution is -2.19. The number of aromatic nitrogens is 2. The van der Waals surface area contributed by atoms with E-state index in [4.69, 9.17) is 5.73 Å². The minimum Gasteiger partial charge on any atom is -0.322 e. The smallest absolute Gasteiger partial charge is 0.0696 e. The maximum absolute atomic E-state index is 6.43. The minimum atomic E-state index is -0.0427. The molecule has 0 aliphatic carbocycles. The first-order valence-corrected chi connectivity index (χ1v) is 7.85. The van der Waals surface area contributed by atoms with Gasteiger partial charge in [-0.15, -0.1) is 0 Å². The second-order valence-corrected chi connectivity index (χ2v) is 6.20. The van der Waals surface area contributed by atoms with Gasteiger partial charge in [0.05, 0.1) is 22.4 Å². The Balaban J connectivity index is 2.25. The third kappa shape index (κ3) is 3.30. The molecule has 1 heterocycles. The lowest BCUT2D eigenvalue weighted by molar-refractivity contribution is 0.536. The fraction of sp³-hybridized carbons (Fsp3) is 0.438. The van der Waals surface area contributed by atoms with Crippen LogP contribution in [0.3, 0.4) is 0 Å². The molecule has 0 spiro atoms. The second-order valence-electron chi connectivity index (χ2n) is 5.34. The number of halogens is 1. The second kappa shape index (κ2) is 6.55. The van der Waals surface area contributed by atoms with Gasteiger partial charge in [0.15, 0.2) is 0 Å². The Morgan fingerprint density at radius 3 is 2.80 bits per heavy atom. The molecule has 0 aliphatic rings. The summed E-state index contributed by atoms with van der Waals surface area (Å²) in [4.78, 5) is 0. The van der Waals surface area contributed by atoms with E-state index in [-0.39, 0.29) is 6.04 Å². The predicted octanol–water partition coefficient (Wildman–Crippen LogP) is 3.91. The molecule has 0 radical (unpaired) electrons. The van der Waals surface area contributed by atoms with Crippen molar-refractivity contribution in [2.75, 3.05) is 0 Å². The van der Waals surface area contributed by atoms with E-state index in [1.165, 1.54) is 16.7 Å². The average molecular weight is 336 g/mol. The highest BCUT2D eigenvalue weighted by Crippen LogP contribution is 2.26. The van der Waals surface area contributed by atoms with E-state index in [9.17, 15) is 0 Å². The van der Waals surface area contributed by atoms with Gasteiger partial charge in [-0.25, -0.2) is 0 Å². The highest BCUT2D eigenvalue weighted by atomic mass is 79.9. The maximum atomic E-state index is 6.43. The van der Waals surface area contributed by atoms with Crippen LogP contribution in [0, 0.1) is 13.8 Å². The monoisotopic (exact) mass is 335 g/mol. The molecule has 0 saturated carbocycles. The zero-order valence-electron chi connectivity index (χ0n) is 12.4. The van der Waals surface area contributed by atoms with Crippen molar-refractivity contribution in [3.8, 4) is 0 Å². The minimum absolute atomic E-state index is 0.0427. The van der Waals surface area contributed by atoms with Crippen LogP contribution in [0.4, 0.5) is 0 Å². The van der Waals surface area contributed by atoms with E-state index in [1.807, 2.05) is 10.9 Å². The van der Waals surface area contributed by atoms with Crippen molar-refractivity contribution in [1.29, 1.82) is 0 Å². The average Bonchev–Trinajstić information content (AvgIpc) is 2.75. The van der Waals surface area contributed by atoms with E-state index in [1.54, 1.807) is 0 Å². The summed E-state index contributed by atoms with van der Waals surface area (Å²) in [5.41, 5.74) is 11.4. The third-order valence-electron chi connectivity index (χ3n) is 3.56. The quantitative estimate of drug-likeness (QED) is 0.899. The van der Waals surface area contributed by atoms with Crippen molar-refractivity contribution >= 4 is 15.9 Å². The van der Waals surface area contributed by atoms with Crippen molar-refractivity contribution in [2.24, 2.45) is 5.73 Å². The lowest BCUT2D eigenvalue weighted by Gasteiger charge is -2.16. The molecule has 0 amide bonds. The summed E-state index contributed by atoms with van der Waals surface area (Å²) >= 11 is 3.57. The topological polar surface area (TPSA) is 43.8 Å². The fourth-order valence-electron chi connectivity index (χ4n) is 2.48. The molecule has 0 aliphatic heterocycles. The SMILES string of the molecule is CCCn1ncc(Br)c1C(N)Cc1cc(C)ccc1C. The van der Waals surface area contributed by atoms with Gasteiger partial charge >= 0.3 is 0 Å². The Morgan fingerprint density at radius 2 is 2.10 bits per heavy atom. The molecular weight excluding hydrogens is 314 g/mol. The van der Waals surface area contributed by atoms with E-state index in [0.717, 1.165) is 29.6 Å². The Labute approximate surface area is 129 Å². The van der Waals surface area contributed by atoms with Crippen molar-refractivity contribution in [3.05, 3.63) is 51.3 Å². The molecule has 0 bridgehead atoms. The van der Waals surface area contributed by atoms with Gasteiger partial charge in [0.2, 0.25) is 0 Å². The van der Waals surface area contributed by atoms with Gasteiger partial charge in [0.1, 0.15) is 0 Å². The van der Waals surface area contributed by atoms with Crippen LogP contribution in [0.5, 0.6) is 0 Å². The van der Waals surface area contributed by atoms with Crippen LogP contribution < -0.4 is 5.73 Å². The number of aryl methyl sites for hydroxylation is 3. The Hall–Kier alpha value is -1.13. The summed E-state index contributed by atoms with van der Waals surface area (Å²) in [6.45, 7) is 7.31. The molecule has 4 heteroatoms. The van der Waals surface area contributed by atoms with Crippen LogP contribution in [0.15, 0.2) is 28.9 Å². The molecule has 1 atom stereocenters. The van der Waals surface area contributed by atoms with Crippen LogP contribution in [0.25, 0.3) is 0 Å². The maximum Gasteiger partial charge on any atom is 0.0696 e.